The number of phenols is 2. The Morgan fingerprint density at radius 2 is 1.76 bits per heavy atom. The molecule has 6 N–H and O–H groups in total. The molecule has 0 saturated carbocycles. The monoisotopic (exact) mass is 521 g/mol. The van der Waals surface area contributed by atoms with Crippen molar-refractivity contribution in [1.82, 2.24) is 5.32 Å². The van der Waals surface area contributed by atoms with Gasteiger partial charge in [0.15, 0.2) is 23.0 Å². The molecule has 0 amide bonds. The van der Waals surface area contributed by atoms with E-state index in [4.69, 9.17) is 18.9 Å². The van der Waals surface area contributed by atoms with Crippen LogP contribution in [0.5, 0.6) is 28.7 Å². The Labute approximate surface area is 217 Å². The molecule has 1 saturated heterocycles. The second-order valence-electron chi connectivity index (χ2n) is 9.36. The van der Waals surface area contributed by atoms with Gasteiger partial charge in [-0.05, 0) is 68.0 Å². The van der Waals surface area contributed by atoms with Gasteiger partial charge >= 0.3 is 0 Å². The summed E-state index contributed by atoms with van der Waals surface area (Å²) in [4.78, 5) is 0. The first-order valence-electron chi connectivity index (χ1n) is 12.5. The molecular formula is C27H39NO9. The standard InChI is InChI=1S/C27H39NO9/c1-16(30)14-28-15-36-23-10-17(5-7-21(23)31)4-6-19-13-22(32)20(8-9-29)27(37-19)18-11-24(34-2)26(33)25(12-18)35-3/h5,7,10-12,16,19-20,22,27-33H,4,6,8-9,13-15H2,1-3H3/t16-,19-,20-,22-,27+/m0/s1. The van der Waals surface area contributed by atoms with Crippen LogP contribution in [0.4, 0.5) is 0 Å². The van der Waals surface area contributed by atoms with Gasteiger partial charge in [0, 0.05) is 19.1 Å². The van der Waals surface area contributed by atoms with Crippen molar-refractivity contribution in [2.75, 3.05) is 34.1 Å². The summed E-state index contributed by atoms with van der Waals surface area (Å²) in [7, 11) is 2.89. The lowest BCUT2D eigenvalue weighted by molar-refractivity contribution is -0.144. The zero-order valence-corrected chi connectivity index (χ0v) is 21.6. The lowest BCUT2D eigenvalue weighted by atomic mass is 9.82. The molecule has 2 aromatic rings. The molecule has 1 heterocycles. The van der Waals surface area contributed by atoms with E-state index in [0.29, 0.717) is 43.5 Å². The smallest absolute Gasteiger partial charge is 0.200 e. The molecule has 206 valence electrons. The number of ether oxygens (including phenoxy) is 4. The third-order valence-electron chi connectivity index (χ3n) is 6.57. The zero-order chi connectivity index (χ0) is 26.9. The lowest BCUT2D eigenvalue weighted by Crippen LogP contribution is -2.40. The highest BCUT2D eigenvalue weighted by Gasteiger charge is 2.39. The van der Waals surface area contributed by atoms with Gasteiger partial charge in [0.1, 0.15) is 6.73 Å². The molecule has 0 aromatic heterocycles. The van der Waals surface area contributed by atoms with Crippen LogP contribution in [0.1, 0.15) is 43.4 Å². The first-order chi connectivity index (χ1) is 17.8. The molecule has 10 heteroatoms. The Bertz CT molecular complexity index is 975. The van der Waals surface area contributed by atoms with E-state index in [9.17, 15) is 25.5 Å². The molecule has 3 rings (SSSR count). The Morgan fingerprint density at radius 1 is 1.05 bits per heavy atom. The van der Waals surface area contributed by atoms with Crippen LogP contribution in [0.15, 0.2) is 30.3 Å². The molecule has 1 fully saturated rings. The topological polar surface area (TPSA) is 150 Å². The predicted molar refractivity (Wildman–Crippen MR) is 136 cm³/mol. The van der Waals surface area contributed by atoms with Crippen molar-refractivity contribution in [3.63, 3.8) is 0 Å². The van der Waals surface area contributed by atoms with E-state index in [1.54, 1.807) is 31.2 Å². The number of aliphatic hydroxyl groups is 3. The Balaban J connectivity index is 1.72. The van der Waals surface area contributed by atoms with Crippen LogP contribution in [-0.4, -0.2) is 77.9 Å². The minimum absolute atomic E-state index is 0.0223. The van der Waals surface area contributed by atoms with Crippen molar-refractivity contribution in [2.45, 2.75) is 57.0 Å². The Hall–Kier alpha value is -2.76. The maximum absolute atomic E-state index is 11.0. The van der Waals surface area contributed by atoms with Gasteiger partial charge in [-0.25, -0.2) is 0 Å². The van der Waals surface area contributed by atoms with Gasteiger partial charge in [-0.15, -0.1) is 0 Å². The van der Waals surface area contributed by atoms with E-state index in [1.165, 1.54) is 14.2 Å². The molecule has 0 unspecified atom stereocenters. The van der Waals surface area contributed by atoms with Crippen LogP contribution in [-0.2, 0) is 11.2 Å². The molecule has 37 heavy (non-hydrogen) atoms. The SMILES string of the molecule is COc1cc([C@H]2O[C@@H](CCc3ccc(O)c(OCNC[C@H](C)O)c3)C[C@H](O)[C@@H]2CCO)cc(OC)c1O. The second kappa shape index (κ2) is 13.7. The van der Waals surface area contributed by atoms with Gasteiger partial charge in [0.2, 0.25) is 5.75 Å². The number of hydrogen-bond acceptors (Lipinski definition) is 10. The molecule has 0 bridgehead atoms. The average Bonchev–Trinajstić information content (AvgIpc) is 2.88. The number of nitrogens with one attached hydrogen (secondary N) is 1. The minimum atomic E-state index is -0.694. The number of phenolic OH excluding ortho intramolecular Hbond substituents is 2. The second-order valence-corrected chi connectivity index (χ2v) is 9.36. The van der Waals surface area contributed by atoms with Gasteiger partial charge in [-0.1, -0.05) is 6.07 Å². The lowest BCUT2D eigenvalue weighted by Gasteiger charge is -2.40. The fourth-order valence-corrected chi connectivity index (χ4v) is 4.65. The summed E-state index contributed by atoms with van der Waals surface area (Å²) in [5, 5.41) is 53.3. The van der Waals surface area contributed by atoms with E-state index in [-0.39, 0.29) is 48.4 Å². The number of aryl methyl sites for hydroxylation is 1. The summed E-state index contributed by atoms with van der Waals surface area (Å²) in [6, 6.07) is 8.48. The first-order valence-corrected chi connectivity index (χ1v) is 12.5. The van der Waals surface area contributed by atoms with Crippen molar-refractivity contribution in [2.24, 2.45) is 5.92 Å². The summed E-state index contributed by atoms with van der Waals surface area (Å²) in [5.41, 5.74) is 1.61. The van der Waals surface area contributed by atoms with Crippen molar-refractivity contribution < 1.29 is 44.5 Å². The largest absolute Gasteiger partial charge is 0.504 e. The minimum Gasteiger partial charge on any atom is -0.504 e. The van der Waals surface area contributed by atoms with Crippen LogP contribution in [0.25, 0.3) is 0 Å². The summed E-state index contributed by atoms with van der Waals surface area (Å²) >= 11 is 0. The first kappa shape index (κ1) is 28.8. The van der Waals surface area contributed by atoms with Crippen LogP contribution in [0.2, 0.25) is 0 Å². The van der Waals surface area contributed by atoms with Crippen LogP contribution >= 0.6 is 0 Å². The number of rotatable bonds is 13. The zero-order valence-electron chi connectivity index (χ0n) is 21.6. The number of aromatic hydroxyl groups is 2. The fraction of sp³-hybridized carbons (Fsp3) is 0.556. The van der Waals surface area contributed by atoms with Crippen LogP contribution in [0, 0.1) is 5.92 Å². The van der Waals surface area contributed by atoms with E-state index >= 15 is 0 Å². The highest BCUT2D eigenvalue weighted by molar-refractivity contribution is 5.53. The highest BCUT2D eigenvalue weighted by atomic mass is 16.5. The molecular weight excluding hydrogens is 482 g/mol. The maximum atomic E-state index is 11.0. The molecule has 0 spiro atoms. The molecule has 10 nitrogen and oxygen atoms in total. The summed E-state index contributed by atoms with van der Waals surface area (Å²) in [5.74, 6) is 0.363. The van der Waals surface area contributed by atoms with Gasteiger partial charge in [-0.2, -0.15) is 0 Å². The number of methoxy groups -OCH3 is 2. The van der Waals surface area contributed by atoms with Crippen LogP contribution < -0.4 is 19.5 Å². The molecule has 1 aliphatic heterocycles. The molecule has 5 atom stereocenters. The number of aliphatic hydroxyl groups excluding tert-OH is 3. The van der Waals surface area contributed by atoms with E-state index < -0.39 is 18.3 Å². The normalized spacial score (nSPS) is 22.4. The van der Waals surface area contributed by atoms with Gasteiger partial charge in [0.25, 0.3) is 0 Å². The molecule has 1 aliphatic rings. The third-order valence-corrected chi connectivity index (χ3v) is 6.57. The van der Waals surface area contributed by atoms with E-state index in [1.807, 2.05) is 6.07 Å². The van der Waals surface area contributed by atoms with Crippen molar-refractivity contribution >= 4 is 0 Å². The van der Waals surface area contributed by atoms with E-state index in [2.05, 4.69) is 5.32 Å². The van der Waals surface area contributed by atoms with Gasteiger partial charge in [-0.3, -0.25) is 5.32 Å². The summed E-state index contributed by atoms with van der Waals surface area (Å²) in [6.07, 6.45) is -0.0105. The van der Waals surface area contributed by atoms with Crippen molar-refractivity contribution in [3.05, 3.63) is 41.5 Å². The van der Waals surface area contributed by atoms with Gasteiger partial charge in [0.05, 0.1) is 38.6 Å². The third kappa shape index (κ3) is 7.62. The maximum Gasteiger partial charge on any atom is 0.200 e. The van der Waals surface area contributed by atoms with Crippen LogP contribution in [0.3, 0.4) is 0 Å². The van der Waals surface area contributed by atoms with E-state index in [0.717, 1.165) is 5.56 Å². The summed E-state index contributed by atoms with van der Waals surface area (Å²) < 4.78 is 22.6. The molecule has 2 aromatic carbocycles. The fourth-order valence-electron chi connectivity index (χ4n) is 4.65. The number of benzene rings is 2. The van der Waals surface area contributed by atoms with Crippen molar-refractivity contribution in [3.8, 4) is 28.7 Å². The summed E-state index contributed by atoms with van der Waals surface area (Å²) in [6.45, 7) is 2.09. The predicted octanol–water partition coefficient (Wildman–Crippen LogP) is 2.24. The van der Waals surface area contributed by atoms with Crippen molar-refractivity contribution in [1.29, 1.82) is 0 Å². The number of hydrogen-bond donors (Lipinski definition) is 6. The highest BCUT2D eigenvalue weighted by Crippen LogP contribution is 2.45. The Morgan fingerprint density at radius 3 is 2.38 bits per heavy atom. The quantitative estimate of drug-likeness (QED) is 0.171. The molecule has 0 aliphatic carbocycles. The Kier molecular flexibility index (Phi) is 10.7. The van der Waals surface area contributed by atoms with Gasteiger partial charge < -0.3 is 44.5 Å². The molecule has 0 radical (unpaired) electrons. The average molecular weight is 522 g/mol.